The molecular weight excluding hydrogens is 264 g/mol. The predicted molar refractivity (Wildman–Crippen MR) is 87.7 cm³/mol. The number of hydrogen-bond donors (Lipinski definition) is 1. The maximum absolute atomic E-state index is 12.4. The van der Waals surface area contributed by atoms with Gasteiger partial charge in [0.1, 0.15) is 5.69 Å². The van der Waals surface area contributed by atoms with Crippen LogP contribution in [0.1, 0.15) is 44.1 Å². The highest BCUT2D eigenvalue weighted by molar-refractivity contribution is 5.93. The van der Waals surface area contributed by atoms with Gasteiger partial charge in [0.25, 0.3) is 5.91 Å². The molecule has 1 aromatic heterocycles. The van der Waals surface area contributed by atoms with Crippen LogP contribution in [0.2, 0.25) is 0 Å². The monoisotopic (exact) mass is 292 g/mol. The number of nitrogens with two attached hydrogens (primary N) is 1. The number of carbonyl (C=O) groups is 1. The number of rotatable bonds is 9. The topological polar surface area (TPSA) is 62.5 Å². The minimum Gasteiger partial charge on any atom is -0.371 e. The van der Waals surface area contributed by atoms with Gasteiger partial charge in [0, 0.05) is 38.1 Å². The normalized spacial score (nSPS) is 10.5. The van der Waals surface area contributed by atoms with Gasteiger partial charge in [-0.3, -0.25) is 9.78 Å². The lowest BCUT2D eigenvalue weighted by atomic mass is 10.2. The summed E-state index contributed by atoms with van der Waals surface area (Å²) >= 11 is 0. The molecule has 1 rings (SSSR count). The lowest BCUT2D eigenvalue weighted by molar-refractivity contribution is 0.0767. The van der Waals surface area contributed by atoms with Crippen molar-refractivity contribution in [1.82, 2.24) is 9.88 Å². The third-order valence-electron chi connectivity index (χ3n) is 3.50. The van der Waals surface area contributed by atoms with E-state index in [1.807, 2.05) is 26.0 Å². The van der Waals surface area contributed by atoms with E-state index in [1.165, 1.54) is 0 Å². The van der Waals surface area contributed by atoms with Gasteiger partial charge in [-0.05, 0) is 45.4 Å². The summed E-state index contributed by atoms with van der Waals surface area (Å²) in [6.07, 6.45) is 3.73. The minimum absolute atomic E-state index is 0.00266. The van der Waals surface area contributed by atoms with Gasteiger partial charge in [-0.25, -0.2) is 0 Å². The molecule has 5 nitrogen and oxygen atoms in total. The highest BCUT2D eigenvalue weighted by Gasteiger charge is 2.15. The van der Waals surface area contributed by atoms with E-state index in [0.29, 0.717) is 25.3 Å². The standard InChI is InChI=1S/C16H28N4O/c1-4-11-20(12-7-9-17)14-8-10-18-15(13-14)16(21)19(5-2)6-3/h8,10,13H,4-7,9,11-12,17H2,1-3H3. The Morgan fingerprint density at radius 2 is 1.95 bits per heavy atom. The maximum Gasteiger partial charge on any atom is 0.272 e. The van der Waals surface area contributed by atoms with E-state index in [0.717, 1.165) is 31.6 Å². The van der Waals surface area contributed by atoms with Crippen molar-refractivity contribution in [2.24, 2.45) is 5.73 Å². The fourth-order valence-electron chi connectivity index (χ4n) is 2.33. The number of nitrogens with zero attached hydrogens (tertiary/aromatic N) is 3. The molecule has 0 aliphatic rings. The molecule has 1 aromatic rings. The van der Waals surface area contributed by atoms with Crippen LogP contribution in [0.3, 0.4) is 0 Å². The number of hydrogen-bond acceptors (Lipinski definition) is 4. The number of pyridine rings is 1. The van der Waals surface area contributed by atoms with Crippen molar-refractivity contribution in [3.63, 3.8) is 0 Å². The van der Waals surface area contributed by atoms with Crippen LogP contribution < -0.4 is 10.6 Å². The minimum atomic E-state index is -0.00266. The van der Waals surface area contributed by atoms with Gasteiger partial charge in [0.05, 0.1) is 0 Å². The molecule has 0 radical (unpaired) electrons. The van der Waals surface area contributed by atoms with E-state index < -0.39 is 0 Å². The summed E-state index contributed by atoms with van der Waals surface area (Å²) in [7, 11) is 0. The number of amides is 1. The average Bonchev–Trinajstić information content (AvgIpc) is 2.52. The molecule has 0 fully saturated rings. The zero-order valence-electron chi connectivity index (χ0n) is 13.5. The molecule has 0 bridgehead atoms. The first-order chi connectivity index (χ1) is 10.2. The van der Waals surface area contributed by atoms with Crippen LogP contribution in [0, 0.1) is 0 Å². The predicted octanol–water partition coefficient (Wildman–Crippen LogP) is 2.13. The lowest BCUT2D eigenvalue weighted by Gasteiger charge is -2.25. The first kappa shape index (κ1) is 17.4. The van der Waals surface area contributed by atoms with Gasteiger partial charge >= 0.3 is 0 Å². The third kappa shape index (κ3) is 5.01. The van der Waals surface area contributed by atoms with Crippen LogP contribution in [0.25, 0.3) is 0 Å². The van der Waals surface area contributed by atoms with Gasteiger partial charge in [-0.2, -0.15) is 0 Å². The smallest absolute Gasteiger partial charge is 0.272 e. The van der Waals surface area contributed by atoms with Crippen molar-refractivity contribution in [3.8, 4) is 0 Å². The van der Waals surface area contributed by atoms with Crippen molar-refractivity contribution < 1.29 is 4.79 Å². The molecule has 1 amide bonds. The van der Waals surface area contributed by atoms with Gasteiger partial charge in [-0.15, -0.1) is 0 Å². The Morgan fingerprint density at radius 1 is 1.24 bits per heavy atom. The number of anilines is 1. The Morgan fingerprint density at radius 3 is 2.52 bits per heavy atom. The van der Waals surface area contributed by atoms with Crippen LogP contribution in [0.4, 0.5) is 5.69 Å². The molecule has 0 spiro atoms. The van der Waals surface area contributed by atoms with Crippen LogP contribution in [0.15, 0.2) is 18.3 Å². The molecule has 1 heterocycles. The van der Waals surface area contributed by atoms with Gasteiger partial charge < -0.3 is 15.5 Å². The lowest BCUT2D eigenvalue weighted by Crippen LogP contribution is -2.32. The van der Waals surface area contributed by atoms with Crippen LogP contribution >= 0.6 is 0 Å². The zero-order chi connectivity index (χ0) is 15.7. The summed E-state index contributed by atoms with van der Waals surface area (Å²) in [5, 5.41) is 0. The Labute approximate surface area is 128 Å². The fourth-order valence-corrected chi connectivity index (χ4v) is 2.33. The van der Waals surface area contributed by atoms with E-state index in [4.69, 9.17) is 5.73 Å². The molecule has 2 N–H and O–H groups in total. The Hall–Kier alpha value is -1.62. The van der Waals surface area contributed by atoms with Gasteiger partial charge in [0.2, 0.25) is 0 Å². The SMILES string of the molecule is CCCN(CCCN)c1ccnc(C(=O)N(CC)CC)c1. The first-order valence-corrected chi connectivity index (χ1v) is 7.88. The average molecular weight is 292 g/mol. The van der Waals surface area contributed by atoms with Crippen molar-refractivity contribution in [2.45, 2.75) is 33.6 Å². The number of aromatic nitrogens is 1. The molecule has 0 aromatic carbocycles. The Kier molecular flexibility index (Phi) is 7.75. The van der Waals surface area contributed by atoms with E-state index in [2.05, 4.69) is 16.8 Å². The van der Waals surface area contributed by atoms with Crippen molar-refractivity contribution in [2.75, 3.05) is 37.6 Å². The molecule has 5 heteroatoms. The summed E-state index contributed by atoms with van der Waals surface area (Å²) in [6.45, 7) is 10.1. The molecule has 0 aliphatic heterocycles. The zero-order valence-corrected chi connectivity index (χ0v) is 13.5. The molecule has 0 atom stereocenters. The highest BCUT2D eigenvalue weighted by atomic mass is 16.2. The van der Waals surface area contributed by atoms with Crippen molar-refractivity contribution >= 4 is 11.6 Å². The summed E-state index contributed by atoms with van der Waals surface area (Å²) in [5.41, 5.74) is 7.18. The molecule has 21 heavy (non-hydrogen) atoms. The summed E-state index contributed by atoms with van der Waals surface area (Å²) in [4.78, 5) is 20.7. The highest BCUT2D eigenvalue weighted by Crippen LogP contribution is 2.16. The third-order valence-corrected chi connectivity index (χ3v) is 3.50. The molecule has 0 saturated carbocycles. The second-order valence-electron chi connectivity index (χ2n) is 5.01. The van der Waals surface area contributed by atoms with Crippen LogP contribution in [0.5, 0.6) is 0 Å². The van der Waals surface area contributed by atoms with E-state index >= 15 is 0 Å². The van der Waals surface area contributed by atoms with E-state index in [-0.39, 0.29) is 5.91 Å². The molecule has 118 valence electrons. The van der Waals surface area contributed by atoms with Crippen molar-refractivity contribution in [3.05, 3.63) is 24.0 Å². The van der Waals surface area contributed by atoms with E-state index in [1.54, 1.807) is 11.1 Å². The molecular formula is C16H28N4O. The van der Waals surface area contributed by atoms with Gasteiger partial charge in [0.15, 0.2) is 0 Å². The quantitative estimate of drug-likeness (QED) is 0.757. The summed E-state index contributed by atoms with van der Waals surface area (Å²) < 4.78 is 0. The second kappa shape index (κ2) is 9.34. The Balaban J connectivity index is 2.93. The molecule has 0 unspecified atom stereocenters. The second-order valence-corrected chi connectivity index (χ2v) is 5.01. The van der Waals surface area contributed by atoms with Crippen LogP contribution in [-0.2, 0) is 0 Å². The molecule has 0 saturated heterocycles. The largest absolute Gasteiger partial charge is 0.371 e. The van der Waals surface area contributed by atoms with Crippen molar-refractivity contribution in [1.29, 1.82) is 0 Å². The maximum atomic E-state index is 12.4. The van der Waals surface area contributed by atoms with Crippen LogP contribution in [-0.4, -0.2) is 48.5 Å². The summed E-state index contributed by atoms with van der Waals surface area (Å²) in [6, 6.07) is 3.86. The fraction of sp³-hybridized carbons (Fsp3) is 0.625. The molecule has 0 aliphatic carbocycles. The summed E-state index contributed by atoms with van der Waals surface area (Å²) in [5.74, 6) is -0.00266. The Bertz CT molecular complexity index is 432. The van der Waals surface area contributed by atoms with E-state index in [9.17, 15) is 4.79 Å². The first-order valence-electron chi connectivity index (χ1n) is 7.88. The number of carbonyl (C=O) groups excluding carboxylic acids is 1. The van der Waals surface area contributed by atoms with Gasteiger partial charge in [-0.1, -0.05) is 6.92 Å².